The summed E-state index contributed by atoms with van der Waals surface area (Å²) in [6, 6.07) is 0. The number of carbonyl (C=O) groups excluding carboxylic acids is 2. The minimum absolute atomic E-state index is 0.0210. The maximum atomic E-state index is 12.4. The molecule has 1 heterocycles. The predicted octanol–water partition coefficient (Wildman–Crippen LogP) is 3.53. The van der Waals surface area contributed by atoms with Gasteiger partial charge in [-0.3, -0.25) is 15.3 Å². The number of rotatable bonds is 11. The first-order valence-electron chi connectivity index (χ1n) is 17.8. The van der Waals surface area contributed by atoms with Crippen LogP contribution in [0.15, 0.2) is 0 Å². The number of methoxy groups -OCH3 is 1. The van der Waals surface area contributed by atoms with E-state index in [0.29, 0.717) is 67.1 Å². The van der Waals surface area contributed by atoms with Gasteiger partial charge in [0, 0.05) is 33.8 Å². The number of fused-ring (bicyclic) bond motifs is 2. The summed E-state index contributed by atoms with van der Waals surface area (Å²) < 4.78 is 17.7. The Morgan fingerprint density at radius 3 is 2.32 bits per heavy atom. The number of aliphatic hydroxyl groups excluding tert-OH is 2. The second-order valence-electron chi connectivity index (χ2n) is 15.4. The van der Waals surface area contributed by atoms with Gasteiger partial charge in [-0.15, -0.1) is 0 Å². The largest absolute Gasteiger partial charge is 0.462 e. The quantitative estimate of drug-likeness (QED) is 0.256. The fourth-order valence-corrected chi connectivity index (χ4v) is 9.93. The van der Waals surface area contributed by atoms with Crippen LogP contribution in [0.4, 0.5) is 0 Å². The molecule has 2 bridgehead atoms. The van der Waals surface area contributed by atoms with Crippen LogP contribution in [-0.2, 0) is 23.8 Å². The summed E-state index contributed by atoms with van der Waals surface area (Å²) in [4.78, 5) is 24.8. The Bertz CT molecular complexity index is 918. The van der Waals surface area contributed by atoms with Crippen LogP contribution >= 0.6 is 0 Å². The lowest BCUT2D eigenvalue weighted by molar-refractivity contribution is -0.699. The van der Waals surface area contributed by atoms with Crippen LogP contribution in [-0.4, -0.2) is 72.5 Å². The lowest BCUT2D eigenvalue weighted by Crippen LogP contribution is -2.94. The number of ether oxygens (including phenoxy) is 3. The number of nitrogens with two attached hydrogens (primary N) is 2. The number of piperidine rings is 1. The molecule has 1 saturated heterocycles. The van der Waals surface area contributed by atoms with E-state index in [1.807, 2.05) is 0 Å². The lowest BCUT2D eigenvalue weighted by Gasteiger charge is -2.45. The van der Waals surface area contributed by atoms with Crippen molar-refractivity contribution in [2.24, 2.45) is 53.1 Å². The summed E-state index contributed by atoms with van der Waals surface area (Å²) in [5, 5.41) is 24.2. The molecule has 0 aromatic rings. The number of hydrogen-bond acceptors (Lipinski definition) is 8. The van der Waals surface area contributed by atoms with Crippen molar-refractivity contribution in [2.75, 3.05) is 13.7 Å². The third kappa shape index (κ3) is 9.87. The first kappa shape index (κ1) is 35.6. The molecule has 1 aliphatic heterocycles. The fourth-order valence-electron chi connectivity index (χ4n) is 9.93. The minimum atomic E-state index is -0.485. The SMILES string of the molecule is COC1CC(CC[C@H](C[C@@H](OC(C)=O)C2C[C@H](O)C[C@H]3CC[C@@H](C(C)C)[C@H](C2)C3)OC(C)=O)C(C2CC[NH2+]C(N)C2)CC1O. The Kier molecular flexibility index (Phi) is 13.4. The summed E-state index contributed by atoms with van der Waals surface area (Å²) in [7, 11) is 1.67. The molecule has 0 aromatic heterocycles. The van der Waals surface area contributed by atoms with Crippen molar-refractivity contribution >= 4 is 11.9 Å². The highest BCUT2D eigenvalue weighted by Crippen LogP contribution is 2.47. The van der Waals surface area contributed by atoms with E-state index in [1.165, 1.54) is 26.7 Å². The van der Waals surface area contributed by atoms with Gasteiger partial charge in [0.1, 0.15) is 18.4 Å². The van der Waals surface area contributed by atoms with E-state index in [9.17, 15) is 19.8 Å². The van der Waals surface area contributed by atoms with Crippen LogP contribution in [0.25, 0.3) is 0 Å². The summed E-state index contributed by atoms with van der Waals surface area (Å²) in [5.41, 5.74) is 6.33. The molecule has 7 unspecified atom stereocenters. The summed E-state index contributed by atoms with van der Waals surface area (Å²) in [5.74, 6) is 2.84. The first-order chi connectivity index (χ1) is 20.9. The molecule has 9 heteroatoms. The Hall–Kier alpha value is -1.26. The zero-order chi connectivity index (χ0) is 32.0. The average Bonchev–Trinajstić information content (AvgIpc) is 2.94. The van der Waals surface area contributed by atoms with Crippen LogP contribution < -0.4 is 11.1 Å². The normalized spacial score (nSPS) is 39.5. The minimum Gasteiger partial charge on any atom is -0.462 e. The van der Waals surface area contributed by atoms with Crippen molar-refractivity contribution in [1.29, 1.82) is 0 Å². The molecule has 0 aromatic carbocycles. The van der Waals surface area contributed by atoms with Crippen molar-refractivity contribution in [3.8, 4) is 0 Å². The van der Waals surface area contributed by atoms with Gasteiger partial charge in [-0.05, 0) is 112 Å². The predicted molar refractivity (Wildman–Crippen MR) is 168 cm³/mol. The van der Waals surface area contributed by atoms with Gasteiger partial charge in [0.15, 0.2) is 0 Å². The second-order valence-corrected chi connectivity index (χ2v) is 15.4. The number of quaternary nitrogens is 1. The first-order valence-corrected chi connectivity index (χ1v) is 17.8. The standard InChI is InChI=1S/C35H62N2O7/c1-20(2)30-9-6-23-12-26(30)14-27(15-28(40)13-23)33(44-22(4)39)18-29(43-21(3)38)8-7-24-16-34(42-5)32(41)19-31(24)25-10-11-37-35(36)17-25/h20,23-35,37,40-41H,6-19,36H2,1-5H3/p+1/t23-,24?,25?,26-,27?,28+,29+,30-,31?,32?,33+,34?,35?/m0/s1. The van der Waals surface area contributed by atoms with Crippen LogP contribution in [0.2, 0.25) is 0 Å². The monoisotopic (exact) mass is 623 g/mol. The second kappa shape index (κ2) is 16.5. The number of aliphatic hydroxyl groups is 2. The molecule has 0 radical (unpaired) electrons. The zero-order valence-electron chi connectivity index (χ0n) is 28.1. The molecule has 4 rings (SSSR count). The molecule has 254 valence electrons. The van der Waals surface area contributed by atoms with Crippen molar-refractivity contribution in [3.05, 3.63) is 0 Å². The Labute approximate surface area is 265 Å². The van der Waals surface area contributed by atoms with E-state index in [4.69, 9.17) is 19.9 Å². The van der Waals surface area contributed by atoms with Gasteiger partial charge in [-0.2, -0.15) is 0 Å². The molecule has 3 saturated carbocycles. The smallest absolute Gasteiger partial charge is 0.302 e. The average molecular weight is 624 g/mol. The van der Waals surface area contributed by atoms with Crippen LogP contribution in [0.3, 0.4) is 0 Å². The Balaban J connectivity index is 1.50. The Morgan fingerprint density at radius 1 is 0.909 bits per heavy atom. The molecule has 13 atom stereocenters. The molecular formula is C35H63N2O7+. The van der Waals surface area contributed by atoms with E-state index in [-0.39, 0.29) is 30.1 Å². The molecule has 6 N–H and O–H groups in total. The number of esters is 2. The van der Waals surface area contributed by atoms with Gasteiger partial charge in [-0.1, -0.05) is 20.3 Å². The van der Waals surface area contributed by atoms with Gasteiger partial charge >= 0.3 is 11.9 Å². The van der Waals surface area contributed by atoms with E-state index in [1.54, 1.807) is 7.11 Å². The van der Waals surface area contributed by atoms with Gasteiger partial charge in [0.25, 0.3) is 0 Å². The van der Waals surface area contributed by atoms with Gasteiger partial charge in [0.2, 0.25) is 0 Å². The van der Waals surface area contributed by atoms with Crippen LogP contribution in [0.5, 0.6) is 0 Å². The summed E-state index contributed by atoms with van der Waals surface area (Å²) in [6.45, 7) is 8.54. The maximum Gasteiger partial charge on any atom is 0.302 e. The van der Waals surface area contributed by atoms with Gasteiger partial charge < -0.3 is 29.7 Å². The molecule has 3 aliphatic carbocycles. The molecule has 4 aliphatic rings. The topological polar surface area (TPSA) is 145 Å². The molecular weight excluding hydrogens is 560 g/mol. The van der Waals surface area contributed by atoms with Crippen LogP contribution in [0.1, 0.15) is 111 Å². The van der Waals surface area contributed by atoms with Gasteiger partial charge in [-0.25, -0.2) is 0 Å². The van der Waals surface area contributed by atoms with E-state index in [2.05, 4.69) is 19.2 Å². The summed E-state index contributed by atoms with van der Waals surface area (Å²) >= 11 is 0. The van der Waals surface area contributed by atoms with Crippen molar-refractivity contribution in [2.45, 2.75) is 148 Å². The van der Waals surface area contributed by atoms with Crippen molar-refractivity contribution in [1.82, 2.24) is 0 Å². The van der Waals surface area contributed by atoms with E-state index in [0.717, 1.165) is 51.5 Å². The van der Waals surface area contributed by atoms with Crippen LogP contribution in [0, 0.1) is 47.3 Å². The fraction of sp³-hybridized carbons (Fsp3) is 0.943. The summed E-state index contributed by atoms with van der Waals surface area (Å²) in [6.07, 6.45) is 9.50. The van der Waals surface area contributed by atoms with E-state index < -0.39 is 24.4 Å². The molecule has 0 spiro atoms. The molecule has 0 amide bonds. The number of hydrogen-bond donors (Lipinski definition) is 4. The number of carbonyl (C=O) groups is 2. The maximum absolute atomic E-state index is 12.4. The van der Waals surface area contributed by atoms with Crippen molar-refractivity contribution < 1.29 is 39.3 Å². The highest BCUT2D eigenvalue weighted by Gasteiger charge is 2.43. The molecule has 9 nitrogen and oxygen atoms in total. The highest BCUT2D eigenvalue weighted by molar-refractivity contribution is 5.66. The zero-order valence-corrected chi connectivity index (χ0v) is 28.1. The Morgan fingerprint density at radius 2 is 1.66 bits per heavy atom. The van der Waals surface area contributed by atoms with Gasteiger partial charge in [0.05, 0.1) is 24.9 Å². The molecule has 44 heavy (non-hydrogen) atoms. The van der Waals surface area contributed by atoms with E-state index >= 15 is 0 Å². The highest BCUT2D eigenvalue weighted by atomic mass is 16.6. The third-order valence-corrected chi connectivity index (χ3v) is 11.9. The lowest BCUT2D eigenvalue weighted by atomic mass is 9.63. The van der Waals surface area contributed by atoms with Crippen molar-refractivity contribution in [3.63, 3.8) is 0 Å². The molecule has 4 fully saturated rings. The third-order valence-electron chi connectivity index (χ3n) is 11.9.